The van der Waals surface area contributed by atoms with Crippen LogP contribution in [-0.2, 0) is 6.18 Å². The molecule has 0 saturated carbocycles. The molecule has 0 aromatic heterocycles. The van der Waals surface area contributed by atoms with Crippen LogP contribution >= 0.6 is 23.2 Å². The maximum atomic E-state index is 12.4. The Morgan fingerprint density at radius 3 is 1.75 bits per heavy atom. The fourth-order valence-corrected chi connectivity index (χ4v) is 2.19. The molecule has 0 aliphatic heterocycles. The van der Waals surface area contributed by atoms with E-state index in [0.29, 0.717) is 15.6 Å². The van der Waals surface area contributed by atoms with Crippen LogP contribution in [0.1, 0.15) is 16.7 Å². The second-order valence-corrected chi connectivity index (χ2v) is 5.03. The van der Waals surface area contributed by atoms with Gasteiger partial charge in [0.25, 0.3) is 0 Å². The zero-order valence-electron chi connectivity index (χ0n) is 10.1. The Bertz CT molecular complexity index is 608. The van der Waals surface area contributed by atoms with Gasteiger partial charge in [0, 0.05) is 10.0 Å². The molecule has 0 radical (unpaired) electrons. The summed E-state index contributed by atoms with van der Waals surface area (Å²) < 4.78 is 37.2. The number of halogens is 5. The van der Waals surface area contributed by atoms with Gasteiger partial charge in [0.2, 0.25) is 0 Å². The molecule has 2 aromatic rings. The van der Waals surface area contributed by atoms with Crippen molar-refractivity contribution in [1.82, 2.24) is 0 Å². The molecule has 0 fully saturated rings. The van der Waals surface area contributed by atoms with Gasteiger partial charge in [0.15, 0.2) is 0 Å². The third-order valence-corrected chi connectivity index (χ3v) is 3.03. The van der Waals surface area contributed by atoms with Gasteiger partial charge < -0.3 is 0 Å². The van der Waals surface area contributed by atoms with Crippen molar-refractivity contribution >= 4 is 35.4 Å². The first-order valence-corrected chi connectivity index (χ1v) is 6.41. The van der Waals surface area contributed by atoms with Crippen molar-refractivity contribution in [3.8, 4) is 0 Å². The minimum Gasteiger partial charge on any atom is -0.166 e. The fraction of sp³-hybridized carbons (Fsp3) is 0.0667. The third-order valence-electron chi connectivity index (χ3n) is 2.59. The van der Waals surface area contributed by atoms with Crippen LogP contribution in [0.15, 0.2) is 42.5 Å². The summed E-state index contributed by atoms with van der Waals surface area (Å²) in [4.78, 5) is 0. The Hall–Kier alpha value is -1.45. The van der Waals surface area contributed by atoms with Crippen molar-refractivity contribution in [3.05, 3.63) is 69.2 Å². The molecule has 0 bridgehead atoms. The average Bonchev–Trinajstić information content (AvgIpc) is 2.35. The smallest absolute Gasteiger partial charge is 0.166 e. The van der Waals surface area contributed by atoms with Gasteiger partial charge in [-0.15, -0.1) is 0 Å². The van der Waals surface area contributed by atoms with E-state index in [2.05, 4.69) is 0 Å². The molecular formula is C15H9Cl2F3. The van der Waals surface area contributed by atoms with E-state index in [0.717, 1.165) is 17.7 Å². The Kier molecular flexibility index (Phi) is 4.41. The van der Waals surface area contributed by atoms with E-state index in [1.807, 2.05) is 0 Å². The number of alkyl halides is 3. The van der Waals surface area contributed by atoms with Gasteiger partial charge in [-0.3, -0.25) is 0 Å². The summed E-state index contributed by atoms with van der Waals surface area (Å²) >= 11 is 11.7. The molecule has 0 spiro atoms. The first kappa shape index (κ1) is 14.9. The highest BCUT2D eigenvalue weighted by atomic mass is 35.5. The summed E-state index contributed by atoms with van der Waals surface area (Å²) in [6.07, 6.45) is -0.884. The molecule has 20 heavy (non-hydrogen) atoms. The van der Waals surface area contributed by atoms with Gasteiger partial charge in [-0.1, -0.05) is 47.5 Å². The summed E-state index contributed by atoms with van der Waals surface area (Å²) in [6.45, 7) is 0. The first-order chi connectivity index (χ1) is 9.34. The van der Waals surface area contributed by atoms with Gasteiger partial charge in [-0.2, -0.15) is 13.2 Å². The molecule has 0 heterocycles. The van der Waals surface area contributed by atoms with Crippen LogP contribution in [0.25, 0.3) is 12.2 Å². The zero-order chi connectivity index (χ0) is 14.8. The lowest BCUT2D eigenvalue weighted by Gasteiger charge is -2.05. The average molecular weight is 317 g/mol. The van der Waals surface area contributed by atoms with Crippen LogP contribution in [0.5, 0.6) is 0 Å². The molecule has 0 aliphatic carbocycles. The molecule has 0 N–H and O–H groups in total. The predicted octanol–water partition coefficient (Wildman–Crippen LogP) is 6.18. The summed E-state index contributed by atoms with van der Waals surface area (Å²) in [5.41, 5.74) is 0.775. The Labute approximate surface area is 124 Å². The summed E-state index contributed by atoms with van der Waals surface area (Å²) in [7, 11) is 0. The Balaban J connectivity index is 2.19. The predicted molar refractivity (Wildman–Crippen MR) is 76.8 cm³/mol. The SMILES string of the molecule is FC(F)(F)c1ccc(/C=C\c2cc(Cl)cc(Cl)c2)cc1. The largest absolute Gasteiger partial charge is 0.416 e. The van der Waals surface area contributed by atoms with Crippen LogP contribution in [0.2, 0.25) is 10.0 Å². The second-order valence-electron chi connectivity index (χ2n) is 4.16. The van der Waals surface area contributed by atoms with Gasteiger partial charge in [0.1, 0.15) is 0 Å². The first-order valence-electron chi connectivity index (χ1n) is 5.66. The topological polar surface area (TPSA) is 0 Å². The normalized spacial score (nSPS) is 12.1. The standard InChI is InChI=1S/C15H9Cl2F3/c16-13-7-11(8-14(17)9-13)2-1-10-3-5-12(6-4-10)15(18,19)20/h1-9H/b2-1-. The highest BCUT2D eigenvalue weighted by molar-refractivity contribution is 6.34. The van der Waals surface area contributed by atoms with Crippen LogP contribution in [0, 0.1) is 0 Å². The zero-order valence-corrected chi connectivity index (χ0v) is 11.6. The molecule has 0 nitrogen and oxygen atoms in total. The van der Waals surface area contributed by atoms with Crippen molar-refractivity contribution in [3.63, 3.8) is 0 Å². The summed E-state index contributed by atoms with van der Waals surface area (Å²) in [5, 5.41) is 1.01. The molecule has 2 aromatic carbocycles. The van der Waals surface area contributed by atoms with Gasteiger partial charge in [0.05, 0.1) is 5.56 Å². The maximum Gasteiger partial charge on any atom is 0.416 e. The number of hydrogen-bond acceptors (Lipinski definition) is 0. The highest BCUT2D eigenvalue weighted by Crippen LogP contribution is 2.29. The minimum atomic E-state index is -4.32. The lowest BCUT2D eigenvalue weighted by atomic mass is 10.1. The van der Waals surface area contributed by atoms with Crippen LogP contribution in [0.3, 0.4) is 0 Å². The molecule has 0 unspecified atom stereocenters. The lowest BCUT2D eigenvalue weighted by molar-refractivity contribution is -0.137. The van der Waals surface area contributed by atoms with Crippen LogP contribution < -0.4 is 0 Å². The van der Waals surface area contributed by atoms with Crippen molar-refractivity contribution in [2.45, 2.75) is 6.18 Å². The van der Waals surface area contributed by atoms with E-state index in [1.165, 1.54) is 12.1 Å². The monoisotopic (exact) mass is 316 g/mol. The van der Waals surface area contributed by atoms with Crippen molar-refractivity contribution in [2.75, 3.05) is 0 Å². The van der Waals surface area contributed by atoms with Gasteiger partial charge >= 0.3 is 6.18 Å². The van der Waals surface area contributed by atoms with E-state index in [4.69, 9.17) is 23.2 Å². The van der Waals surface area contributed by atoms with Crippen molar-refractivity contribution in [1.29, 1.82) is 0 Å². The van der Waals surface area contributed by atoms with E-state index in [1.54, 1.807) is 30.4 Å². The molecule has 0 amide bonds. The maximum absolute atomic E-state index is 12.4. The molecular weight excluding hydrogens is 308 g/mol. The molecule has 0 saturated heterocycles. The second kappa shape index (κ2) is 5.90. The van der Waals surface area contributed by atoms with Crippen molar-refractivity contribution in [2.24, 2.45) is 0 Å². The number of hydrogen-bond donors (Lipinski definition) is 0. The van der Waals surface area contributed by atoms with E-state index in [-0.39, 0.29) is 0 Å². The van der Waals surface area contributed by atoms with E-state index >= 15 is 0 Å². The van der Waals surface area contributed by atoms with E-state index in [9.17, 15) is 13.2 Å². The van der Waals surface area contributed by atoms with Crippen molar-refractivity contribution < 1.29 is 13.2 Å². The summed E-state index contributed by atoms with van der Waals surface area (Å²) in [6, 6.07) is 9.95. The number of rotatable bonds is 2. The summed E-state index contributed by atoms with van der Waals surface area (Å²) in [5.74, 6) is 0. The lowest BCUT2D eigenvalue weighted by Crippen LogP contribution is -2.03. The molecule has 0 aliphatic rings. The van der Waals surface area contributed by atoms with Crippen LogP contribution in [0.4, 0.5) is 13.2 Å². The van der Waals surface area contributed by atoms with Gasteiger partial charge in [-0.05, 0) is 41.5 Å². The fourth-order valence-electron chi connectivity index (χ4n) is 1.65. The molecule has 5 heteroatoms. The Morgan fingerprint density at radius 1 is 0.750 bits per heavy atom. The number of benzene rings is 2. The highest BCUT2D eigenvalue weighted by Gasteiger charge is 2.29. The van der Waals surface area contributed by atoms with Gasteiger partial charge in [-0.25, -0.2) is 0 Å². The molecule has 0 atom stereocenters. The molecule has 104 valence electrons. The Morgan fingerprint density at radius 2 is 1.25 bits per heavy atom. The quantitative estimate of drug-likeness (QED) is 0.580. The third kappa shape index (κ3) is 4.02. The van der Waals surface area contributed by atoms with Crippen LogP contribution in [-0.4, -0.2) is 0 Å². The minimum absolute atomic E-state index is 0.504. The van der Waals surface area contributed by atoms with E-state index < -0.39 is 11.7 Å². The molecule has 2 rings (SSSR count).